The minimum Gasteiger partial charge on any atom is -0.328 e. The Kier molecular flexibility index (Phi) is 2.66. The molecule has 0 spiro atoms. The molecule has 0 atom stereocenters. The summed E-state index contributed by atoms with van der Waals surface area (Å²) in [6.45, 7) is 3.82. The summed E-state index contributed by atoms with van der Waals surface area (Å²) in [4.78, 5) is 2.58. The summed E-state index contributed by atoms with van der Waals surface area (Å²) in [5.74, 6) is 1.08. The Hall–Kier alpha value is -0.0800. The maximum atomic E-state index is 5.84. The highest BCUT2D eigenvalue weighted by Crippen LogP contribution is 2.32. The molecule has 0 aromatic heterocycles. The Bertz CT molecular complexity index is 135. The fourth-order valence-electron chi connectivity index (χ4n) is 1.95. The van der Waals surface area contributed by atoms with Crippen LogP contribution in [0, 0.1) is 5.92 Å². The Morgan fingerprint density at radius 2 is 1.75 bits per heavy atom. The largest absolute Gasteiger partial charge is 0.328 e. The van der Waals surface area contributed by atoms with Gasteiger partial charge < -0.3 is 10.6 Å². The highest BCUT2D eigenvalue weighted by molar-refractivity contribution is 4.78. The molecule has 2 rings (SSSR count). The Balaban J connectivity index is 1.60. The monoisotopic (exact) mass is 168 g/mol. The van der Waals surface area contributed by atoms with E-state index in [-0.39, 0.29) is 0 Å². The van der Waals surface area contributed by atoms with Gasteiger partial charge in [-0.15, -0.1) is 0 Å². The molecule has 2 aliphatic rings. The fourth-order valence-corrected chi connectivity index (χ4v) is 1.95. The lowest BCUT2D eigenvalue weighted by Gasteiger charge is -2.29. The van der Waals surface area contributed by atoms with Gasteiger partial charge in [0.15, 0.2) is 0 Å². The lowest BCUT2D eigenvalue weighted by molar-refractivity contribution is 0.208. The van der Waals surface area contributed by atoms with Gasteiger partial charge in [0, 0.05) is 6.04 Å². The molecule has 0 aromatic rings. The summed E-state index contributed by atoms with van der Waals surface area (Å²) in [7, 11) is 0. The first-order chi connectivity index (χ1) is 5.84. The first-order valence-corrected chi connectivity index (χ1v) is 5.32. The van der Waals surface area contributed by atoms with Crippen molar-refractivity contribution in [1.29, 1.82) is 0 Å². The molecule has 0 radical (unpaired) electrons. The van der Waals surface area contributed by atoms with Crippen molar-refractivity contribution in [3.63, 3.8) is 0 Å². The molecule has 1 saturated heterocycles. The van der Waals surface area contributed by atoms with Crippen LogP contribution in [0.4, 0.5) is 0 Å². The molecule has 0 aromatic carbocycles. The van der Waals surface area contributed by atoms with Crippen molar-refractivity contribution in [2.75, 3.05) is 19.6 Å². The van der Waals surface area contributed by atoms with Gasteiger partial charge in [0.05, 0.1) is 0 Å². The van der Waals surface area contributed by atoms with E-state index >= 15 is 0 Å². The zero-order valence-electron chi connectivity index (χ0n) is 7.84. The van der Waals surface area contributed by atoms with Gasteiger partial charge in [-0.25, -0.2) is 0 Å². The highest BCUT2D eigenvalue weighted by atomic mass is 15.1. The van der Waals surface area contributed by atoms with E-state index < -0.39 is 0 Å². The molecule has 2 nitrogen and oxygen atoms in total. The minimum atomic E-state index is 0.488. The van der Waals surface area contributed by atoms with E-state index in [1.165, 1.54) is 51.7 Å². The molecule has 0 unspecified atom stereocenters. The van der Waals surface area contributed by atoms with Crippen LogP contribution in [0.3, 0.4) is 0 Å². The van der Waals surface area contributed by atoms with Crippen LogP contribution in [-0.2, 0) is 0 Å². The van der Waals surface area contributed by atoms with Crippen molar-refractivity contribution in [3.05, 3.63) is 0 Å². The van der Waals surface area contributed by atoms with E-state index in [0.717, 1.165) is 5.92 Å². The highest BCUT2D eigenvalue weighted by Gasteiger charge is 2.23. The van der Waals surface area contributed by atoms with Crippen molar-refractivity contribution >= 4 is 0 Å². The summed E-state index contributed by atoms with van der Waals surface area (Å²) in [5.41, 5.74) is 5.84. The lowest BCUT2D eigenvalue weighted by atomic mass is 10.1. The van der Waals surface area contributed by atoms with Crippen molar-refractivity contribution in [2.24, 2.45) is 11.7 Å². The molecule has 0 bridgehead atoms. The molecular weight excluding hydrogens is 148 g/mol. The average Bonchev–Trinajstić information content (AvgIpc) is 2.87. The SMILES string of the molecule is NC1CCN(CCC2CC2)CC1. The summed E-state index contributed by atoms with van der Waals surface area (Å²) in [6, 6.07) is 0.488. The molecule has 1 heterocycles. The molecule has 1 aliphatic carbocycles. The standard InChI is InChI=1S/C10H20N2/c11-10-4-7-12(8-5-10)6-3-9-1-2-9/h9-10H,1-8,11H2. The summed E-state index contributed by atoms with van der Waals surface area (Å²) >= 11 is 0. The van der Waals surface area contributed by atoms with Crippen LogP contribution < -0.4 is 5.73 Å². The molecule has 2 fully saturated rings. The van der Waals surface area contributed by atoms with Crippen molar-refractivity contribution < 1.29 is 0 Å². The van der Waals surface area contributed by atoms with Crippen LogP contribution in [0.15, 0.2) is 0 Å². The summed E-state index contributed by atoms with van der Waals surface area (Å²) in [6.07, 6.45) is 6.85. The number of nitrogens with zero attached hydrogens (tertiary/aromatic N) is 1. The number of nitrogens with two attached hydrogens (primary N) is 1. The Morgan fingerprint density at radius 1 is 1.08 bits per heavy atom. The van der Waals surface area contributed by atoms with E-state index in [4.69, 9.17) is 5.73 Å². The quantitative estimate of drug-likeness (QED) is 0.686. The topological polar surface area (TPSA) is 29.3 Å². The second-order valence-electron chi connectivity index (χ2n) is 4.41. The van der Waals surface area contributed by atoms with E-state index in [1.807, 2.05) is 0 Å². The maximum Gasteiger partial charge on any atom is 0.00631 e. The van der Waals surface area contributed by atoms with Gasteiger partial charge in [-0.1, -0.05) is 12.8 Å². The van der Waals surface area contributed by atoms with E-state index in [2.05, 4.69) is 4.90 Å². The van der Waals surface area contributed by atoms with Crippen LogP contribution in [0.1, 0.15) is 32.1 Å². The van der Waals surface area contributed by atoms with E-state index in [1.54, 1.807) is 0 Å². The summed E-state index contributed by atoms with van der Waals surface area (Å²) in [5, 5.41) is 0. The molecule has 70 valence electrons. The van der Waals surface area contributed by atoms with Gasteiger partial charge in [0.25, 0.3) is 0 Å². The molecule has 0 amide bonds. The Morgan fingerprint density at radius 3 is 2.33 bits per heavy atom. The number of piperidine rings is 1. The third-order valence-corrected chi connectivity index (χ3v) is 3.18. The number of hydrogen-bond acceptors (Lipinski definition) is 2. The second kappa shape index (κ2) is 3.75. The Labute approximate surface area is 75.1 Å². The zero-order chi connectivity index (χ0) is 8.39. The first kappa shape index (κ1) is 8.52. The second-order valence-corrected chi connectivity index (χ2v) is 4.41. The summed E-state index contributed by atoms with van der Waals surface area (Å²) < 4.78 is 0. The van der Waals surface area contributed by atoms with Gasteiger partial charge in [-0.2, -0.15) is 0 Å². The van der Waals surface area contributed by atoms with Crippen molar-refractivity contribution in [3.8, 4) is 0 Å². The van der Waals surface area contributed by atoms with Gasteiger partial charge in [0.2, 0.25) is 0 Å². The normalized spacial score (nSPS) is 27.8. The average molecular weight is 168 g/mol. The van der Waals surface area contributed by atoms with E-state index in [9.17, 15) is 0 Å². The molecule has 2 heteroatoms. The van der Waals surface area contributed by atoms with Crippen molar-refractivity contribution in [1.82, 2.24) is 4.90 Å². The molecule has 1 saturated carbocycles. The molecule has 12 heavy (non-hydrogen) atoms. The molecular formula is C10H20N2. The molecule has 1 aliphatic heterocycles. The third-order valence-electron chi connectivity index (χ3n) is 3.18. The van der Waals surface area contributed by atoms with Crippen molar-refractivity contribution in [2.45, 2.75) is 38.1 Å². The number of rotatable bonds is 3. The van der Waals surface area contributed by atoms with Crippen LogP contribution >= 0.6 is 0 Å². The van der Waals surface area contributed by atoms with Crippen LogP contribution in [0.25, 0.3) is 0 Å². The predicted octanol–water partition coefficient (Wildman–Crippen LogP) is 1.21. The minimum absolute atomic E-state index is 0.488. The van der Waals surface area contributed by atoms with Crippen LogP contribution in [0.5, 0.6) is 0 Å². The van der Waals surface area contributed by atoms with Gasteiger partial charge in [-0.3, -0.25) is 0 Å². The van der Waals surface area contributed by atoms with E-state index in [0.29, 0.717) is 6.04 Å². The van der Waals surface area contributed by atoms with Crippen LogP contribution in [0.2, 0.25) is 0 Å². The predicted molar refractivity (Wildman–Crippen MR) is 51.0 cm³/mol. The smallest absolute Gasteiger partial charge is 0.00631 e. The van der Waals surface area contributed by atoms with Gasteiger partial charge in [0.1, 0.15) is 0 Å². The maximum absolute atomic E-state index is 5.84. The van der Waals surface area contributed by atoms with Gasteiger partial charge in [-0.05, 0) is 44.8 Å². The van der Waals surface area contributed by atoms with Gasteiger partial charge >= 0.3 is 0 Å². The first-order valence-electron chi connectivity index (χ1n) is 5.32. The van der Waals surface area contributed by atoms with Crippen LogP contribution in [-0.4, -0.2) is 30.6 Å². The number of hydrogen-bond donors (Lipinski definition) is 1. The zero-order valence-corrected chi connectivity index (χ0v) is 7.84. The number of likely N-dealkylation sites (tertiary alicyclic amines) is 1. The molecule has 2 N–H and O–H groups in total. The third kappa shape index (κ3) is 2.46. The fraction of sp³-hybridized carbons (Fsp3) is 1.00. The lowest BCUT2D eigenvalue weighted by Crippen LogP contribution is -2.40.